The predicted octanol–water partition coefficient (Wildman–Crippen LogP) is 2.35. The lowest BCUT2D eigenvalue weighted by atomic mass is 10.1. The molecule has 0 aliphatic rings. The second kappa shape index (κ2) is 13.5. The molecule has 0 fully saturated rings. The predicted molar refractivity (Wildman–Crippen MR) is 140 cm³/mol. The Labute approximate surface area is 224 Å². The number of carbonyl (C=O) groups is 3. The molecule has 212 valence electrons. The highest BCUT2D eigenvalue weighted by atomic mass is 16.6. The van der Waals surface area contributed by atoms with Gasteiger partial charge in [-0.25, -0.2) is 9.97 Å². The molecule has 0 aliphatic heterocycles. The van der Waals surface area contributed by atoms with Crippen molar-refractivity contribution in [3.05, 3.63) is 36.4 Å². The Bertz CT molecular complexity index is 995. The van der Waals surface area contributed by atoms with Crippen LogP contribution in [-0.2, 0) is 50.0 Å². The number of nitrogens with zero attached hydrogens (tertiary/aromatic N) is 5. The van der Waals surface area contributed by atoms with Gasteiger partial charge in [-0.2, -0.15) is 0 Å². The number of ether oxygens (including phenoxy) is 2. The van der Waals surface area contributed by atoms with Gasteiger partial charge in [0.25, 0.3) is 0 Å². The highest BCUT2D eigenvalue weighted by molar-refractivity contribution is 5.73. The van der Waals surface area contributed by atoms with Gasteiger partial charge in [-0.1, -0.05) is 6.42 Å². The number of carbonyl (C=O) groups excluding carboxylic acids is 2. The molecule has 0 radical (unpaired) electrons. The first-order valence-electron chi connectivity index (χ1n) is 12.8. The zero-order chi connectivity index (χ0) is 28.5. The van der Waals surface area contributed by atoms with Crippen LogP contribution in [0.3, 0.4) is 0 Å². The van der Waals surface area contributed by atoms with Gasteiger partial charge < -0.3 is 29.4 Å². The van der Waals surface area contributed by atoms with Crippen molar-refractivity contribution in [2.75, 3.05) is 6.54 Å². The van der Waals surface area contributed by atoms with Crippen LogP contribution in [0.5, 0.6) is 0 Å². The second-order valence-corrected chi connectivity index (χ2v) is 11.3. The number of nitrogens with two attached hydrogens (primary N) is 1. The minimum atomic E-state index is -1.02. The van der Waals surface area contributed by atoms with Crippen molar-refractivity contribution < 1.29 is 29.0 Å². The van der Waals surface area contributed by atoms with Crippen LogP contribution in [0.2, 0.25) is 0 Å². The van der Waals surface area contributed by atoms with E-state index >= 15 is 0 Å². The number of carboxylic acid groups (broad SMARTS) is 1. The molecule has 0 amide bonds. The Morgan fingerprint density at radius 3 is 1.74 bits per heavy atom. The minimum Gasteiger partial charge on any atom is -0.480 e. The van der Waals surface area contributed by atoms with Crippen LogP contribution in [0, 0.1) is 0 Å². The fourth-order valence-corrected chi connectivity index (χ4v) is 3.73. The van der Waals surface area contributed by atoms with E-state index in [0.29, 0.717) is 50.5 Å². The van der Waals surface area contributed by atoms with Gasteiger partial charge in [0.1, 0.15) is 42.0 Å². The van der Waals surface area contributed by atoms with Crippen LogP contribution in [0.1, 0.15) is 72.5 Å². The summed E-state index contributed by atoms with van der Waals surface area (Å²) >= 11 is 0. The molecule has 38 heavy (non-hydrogen) atoms. The first kappa shape index (κ1) is 31.0. The average molecular weight is 535 g/mol. The highest BCUT2D eigenvalue weighted by Gasteiger charge is 2.21. The Hall–Kier alpha value is -3.25. The van der Waals surface area contributed by atoms with Gasteiger partial charge >= 0.3 is 17.9 Å². The summed E-state index contributed by atoms with van der Waals surface area (Å²) in [5.41, 5.74) is 4.46. The summed E-state index contributed by atoms with van der Waals surface area (Å²) < 4.78 is 14.4. The van der Waals surface area contributed by atoms with E-state index in [4.69, 9.17) is 20.3 Å². The summed E-state index contributed by atoms with van der Waals surface area (Å²) in [6.45, 7) is 12.4. The lowest BCUT2D eigenvalue weighted by Gasteiger charge is -2.24. The van der Waals surface area contributed by atoms with Crippen LogP contribution in [-0.4, -0.2) is 70.8 Å². The summed E-state index contributed by atoms with van der Waals surface area (Å²) in [6.07, 6.45) is 8.41. The number of unbranched alkanes of at least 4 members (excludes halogenated alkanes) is 1. The number of aliphatic carboxylic acids is 1. The highest BCUT2D eigenvalue weighted by Crippen LogP contribution is 2.14. The topological polar surface area (TPSA) is 155 Å². The van der Waals surface area contributed by atoms with Gasteiger partial charge in [0.2, 0.25) is 0 Å². The van der Waals surface area contributed by atoms with Crippen LogP contribution < -0.4 is 5.73 Å². The van der Waals surface area contributed by atoms with Gasteiger partial charge in [0.15, 0.2) is 0 Å². The van der Waals surface area contributed by atoms with Crippen LogP contribution in [0.25, 0.3) is 0 Å². The maximum absolute atomic E-state index is 12.4. The number of hydrogen-bond acceptors (Lipinski definition) is 9. The fourth-order valence-electron chi connectivity index (χ4n) is 3.73. The van der Waals surface area contributed by atoms with E-state index in [1.807, 2.05) is 41.5 Å². The average Bonchev–Trinajstić information content (AvgIpc) is 3.37. The molecule has 0 aromatic carbocycles. The van der Waals surface area contributed by atoms with E-state index in [1.54, 1.807) is 33.9 Å². The molecule has 2 heterocycles. The summed E-state index contributed by atoms with van der Waals surface area (Å²) in [4.78, 5) is 46.8. The molecule has 1 atom stereocenters. The largest absolute Gasteiger partial charge is 0.480 e. The third-order valence-corrected chi connectivity index (χ3v) is 5.33. The van der Waals surface area contributed by atoms with Crippen molar-refractivity contribution >= 4 is 17.9 Å². The summed E-state index contributed by atoms with van der Waals surface area (Å²) in [5, 5.41) is 9.05. The first-order valence-corrected chi connectivity index (χ1v) is 12.8. The Morgan fingerprint density at radius 1 is 0.895 bits per heavy atom. The molecule has 3 N–H and O–H groups in total. The van der Waals surface area contributed by atoms with Crippen LogP contribution in [0.4, 0.5) is 0 Å². The smallest absolute Gasteiger partial charge is 0.326 e. The molecule has 2 rings (SSSR count). The van der Waals surface area contributed by atoms with Crippen LogP contribution >= 0.6 is 0 Å². The Morgan fingerprint density at radius 2 is 1.34 bits per heavy atom. The van der Waals surface area contributed by atoms with E-state index in [-0.39, 0.29) is 25.0 Å². The molecular weight excluding hydrogens is 492 g/mol. The van der Waals surface area contributed by atoms with E-state index in [2.05, 4.69) is 14.9 Å². The van der Waals surface area contributed by atoms with Gasteiger partial charge in [0.05, 0.1) is 13.1 Å². The Balaban J connectivity index is 2.13. The molecule has 0 unspecified atom stereocenters. The zero-order valence-corrected chi connectivity index (χ0v) is 23.3. The molecule has 0 saturated heterocycles. The molecular formula is C26H42N6O6. The molecule has 12 heteroatoms. The third kappa shape index (κ3) is 11.4. The number of hydrogen-bond donors (Lipinski definition) is 2. The van der Waals surface area contributed by atoms with Gasteiger partial charge in [-0.3, -0.25) is 19.3 Å². The molecule has 0 aliphatic carbocycles. The monoisotopic (exact) mass is 534 g/mol. The third-order valence-electron chi connectivity index (χ3n) is 5.33. The quantitative estimate of drug-likeness (QED) is 0.272. The van der Waals surface area contributed by atoms with Crippen molar-refractivity contribution in [3.63, 3.8) is 0 Å². The van der Waals surface area contributed by atoms with Gasteiger partial charge in [-0.05, 0) is 60.9 Å². The maximum atomic E-state index is 12.4. The summed E-state index contributed by atoms with van der Waals surface area (Å²) in [7, 11) is 0. The second-order valence-electron chi connectivity index (χ2n) is 11.3. The maximum Gasteiger partial charge on any atom is 0.326 e. The molecule has 2 aromatic heterocycles. The lowest BCUT2D eigenvalue weighted by Crippen LogP contribution is -2.31. The van der Waals surface area contributed by atoms with E-state index in [0.717, 1.165) is 0 Å². The van der Waals surface area contributed by atoms with Gasteiger partial charge in [0, 0.05) is 24.8 Å². The normalized spacial score (nSPS) is 12.9. The van der Waals surface area contributed by atoms with Crippen LogP contribution in [0.15, 0.2) is 24.8 Å². The SMILES string of the molecule is CC(C)(C)OC(=O)Cn1ccnc1CN(CCCC[C@@H](N)C(=O)O)Cc1nccn1CC(=O)OC(C)(C)C. The van der Waals surface area contributed by atoms with Crippen molar-refractivity contribution in [2.45, 2.75) is 104 Å². The summed E-state index contributed by atoms with van der Waals surface area (Å²) in [5.74, 6) is -0.403. The standard InChI is InChI=1S/C26H42N6O6/c1-25(2,3)37-22(33)17-31-13-10-28-20(31)15-30(12-8-7-9-19(27)24(35)36)16-21-29-11-14-32(21)18-23(34)38-26(4,5)6/h10-11,13-14,19H,7-9,12,15-18,27H2,1-6H3,(H,35,36)/t19-/m1/s1. The fraction of sp³-hybridized carbons (Fsp3) is 0.654. The zero-order valence-electron chi connectivity index (χ0n) is 23.3. The van der Waals surface area contributed by atoms with E-state index in [1.165, 1.54) is 0 Å². The van der Waals surface area contributed by atoms with Crippen molar-refractivity contribution in [2.24, 2.45) is 5.73 Å². The van der Waals surface area contributed by atoms with Crippen molar-refractivity contribution in [3.8, 4) is 0 Å². The number of aromatic nitrogens is 4. The molecule has 2 aromatic rings. The Kier molecular flexibility index (Phi) is 11.0. The van der Waals surface area contributed by atoms with Crippen molar-refractivity contribution in [1.82, 2.24) is 24.0 Å². The van der Waals surface area contributed by atoms with E-state index in [9.17, 15) is 14.4 Å². The molecule has 0 bridgehead atoms. The first-order chi connectivity index (χ1) is 17.6. The number of rotatable bonds is 14. The van der Waals surface area contributed by atoms with E-state index < -0.39 is 23.2 Å². The molecule has 0 spiro atoms. The number of imidazole rings is 2. The number of carboxylic acids is 1. The minimum absolute atomic E-state index is 0.0289. The molecule has 12 nitrogen and oxygen atoms in total. The van der Waals surface area contributed by atoms with Gasteiger partial charge in [-0.15, -0.1) is 0 Å². The lowest BCUT2D eigenvalue weighted by molar-refractivity contribution is -0.156. The number of esters is 2. The molecule has 0 saturated carbocycles. The van der Waals surface area contributed by atoms with Crippen molar-refractivity contribution in [1.29, 1.82) is 0 Å². The summed E-state index contributed by atoms with van der Waals surface area (Å²) in [6, 6.07) is -0.899.